The predicted octanol–water partition coefficient (Wildman–Crippen LogP) is 1.54. The van der Waals surface area contributed by atoms with Crippen molar-refractivity contribution in [2.75, 3.05) is 13.7 Å². The molecule has 4 nitrogen and oxygen atoms in total. The Bertz CT molecular complexity index is 234. The van der Waals surface area contributed by atoms with Crippen molar-refractivity contribution >= 4 is 6.29 Å². The van der Waals surface area contributed by atoms with Crippen molar-refractivity contribution in [1.82, 2.24) is 5.06 Å². The van der Waals surface area contributed by atoms with Gasteiger partial charge in [0.2, 0.25) is 0 Å². The number of rotatable bonds is 4. The van der Waals surface area contributed by atoms with Crippen LogP contribution < -0.4 is 0 Å². The van der Waals surface area contributed by atoms with Crippen molar-refractivity contribution in [3.8, 4) is 0 Å². The minimum atomic E-state index is -0.0422. The molecule has 1 aliphatic carbocycles. The van der Waals surface area contributed by atoms with Crippen LogP contribution in [0.3, 0.4) is 0 Å². The molecule has 0 spiro atoms. The molecule has 2 rings (SSSR count). The summed E-state index contributed by atoms with van der Waals surface area (Å²) >= 11 is 0. The van der Waals surface area contributed by atoms with E-state index in [-0.39, 0.29) is 18.2 Å². The van der Waals surface area contributed by atoms with Crippen LogP contribution in [0.2, 0.25) is 0 Å². The van der Waals surface area contributed by atoms with Gasteiger partial charge in [0, 0.05) is 13.7 Å². The quantitative estimate of drug-likeness (QED) is 0.683. The third-order valence-electron chi connectivity index (χ3n) is 3.62. The molecule has 0 radical (unpaired) electrons. The van der Waals surface area contributed by atoms with Crippen molar-refractivity contribution in [3.63, 3.8) is 0 Å². The van der Waals surface area contributed by atoms with Crippen molar-refractivity contribution < 1.29 is 14.4 Å². The van der Waals surface area contributed by atoms with E-state index in [1.54, 1.807) is 7.11 Å². The van der Waals surface area contributed by atoms with Crippen LogP contribution in [0, 0.1) is 0 Å². The molecule has 2 aliphatic rings. The lowest BCUT2D eigenvalue weighted by molar-refractivity contribution is -0.235. The van der Waals surface area contributed by atoms with Crippen molar-refractivity contribution in [2.45, 2.75) is 56.8 Å². The van der Waals surface area contributed by atoms with E-state index in [2.05, 4.69) is 0 Å². The summed E-state index contributed by atoms with van der Waals surface area (Å²) < 4.78 is 5.44. The van der Waals surface area contributed by atoms with Crippen LogP contribution in [-0.2, 0) is 14.4 Å². The first-order valence-electron chi connectivity index (χ1n) is 6.26. The van der Waals surface area contributed by atoms with E-state index >= 15 is 0 Å². The van der Waals surface area contributed by atoms with Crippen molar-refractivity contribution in [3.05, 3.63) is 0 Å². The smallest absolute Gasteiger partial charge is 0.139 e. The van der Waals surface area contributed by atoms with Gasteiger partial charge in [-0.05, 0) is 25.7 Å². The minimum absolute atomic E-state index is 0.0422. The molecule has 0 unspecified atom stereocenters. The Morgan fingerprint density at radius 1 is 1.12 bits per heavy atom. The zero-order valence-electron chi connectivity index (χ0n) is 9.93. The molecular weight excluding hydrogens is 206 g/mol. The lowest BCUT2D eigenvalue weighted by Crippen LogP contribution is -2.42. The van der Waals surface area contributed by atoms with Gasteiger partial charge < -0.3 is 9.53 Å². The van der Waals surface area contributed by atoms with Gasteiger partial charge in [-0.2, -0.15) is 5.06 Å². The Balaban J connectivity index is 1.89. The molecule has 1 saturated heterocycles. The fraction of sp³-hybridized carbons (Fsp3) is 0.917. The number of carbonyl (C=O) groups is 1. The molecule has 16 heavy (non-hydrogen) atoms. The maximum atomic E-state index is 10.9. The molecule has 0 bridgehead atoms. The van der Waals surface area contributed by atoms with Gasteiger partial charge in [0.1, 0.15) is 12.4 Å². The van der Waals surface area contributed by atoms with Gasteiger partial charge in [-0.3, -0.25) is 4.84 Å². The summed E-state index contributed by atoms with van der Waals surface area (Å²) in [4.78, 5) is 16.8. The van der Waals surface area contributed by atoms with Gasteiger partial charge in [0.25, 0.3) is 0 Å². The average Bonchev–Trinajstić information content (AvgIpc) is 2.77. The van der Waals surface area contributed by atoms with Crippen LogP contribution in [-0.4, -0.2) is 43.3 Å². The molecule has 0 N–H and O–H groups in total. The monoisotopic (exact) mass is 227 g/mol. The molecule has 3 atom stereocenters. The summed E-state index contributed by atoms with van der Waals surface area (Å²) in [6.07, 6.45) is 7.83. The summed E-state index contributed by atoms with van der Waals surface area (Å²) in [5.41, 5.74) is 0. The number of hydrogen-bond donors (Lipinski definition) is 0. The van der Waals surface area contributed by atoms with Crippen molar-refractivity contribution in [1.29, 1.82) is 0 Å². The van der Waals surface area contributed by atoms with E-state index in [9.17, 15) is 4.79 Å². The number of methoxy groups -OCH3 is 1. The summed E-state index contributed by atoms with van der Waals surface area (Å²) in [5.74, 6) is 0. The van der Waals surface area contributed by atoms with Crippen LogP contribution in [0.4, 0.5) is 0 Å². The second-order valence-electron chi connectivity index (χ2n) is 4.69. The zero-order chi connectivity index (χ0) is 11.4. The Kier molecular flexibility index (Phi) is 4.32. The molecule has 0 aromatic carbocycles. The van der Waals surface area contributed by atoms with Gasteiger partial charge in [-0.15, -0.1) is 0 Å². The maximum absolute atomic E-state index is 10.9. The van der Waals surface area contributed by atoms with Crippen LogP contribution in [0.1, 0.15) is 38.5 Å². The number of aldehydes is 1. The molecule has 1 saturated carbocycles. The molecule has 0 aromatic rings. The van der Waals surface area contributed by atoms with Crippen LogP contribution in [0.15, 0.2) is 0 Å². The fourth-order valence-electron chi connectivity index (χ4n) is 2.66. The van der Waals surface area contributed by atoms with E-state index in [0.29, 0.717) is 0 Å². The highest BCUT2D eigenvalue weighted by atomic mass is 16.7. The summed E-state index contributed by atoms with van der Waals surface area (Å²) in [7, 11) is 1.74. The standard InChI is InChI=1S/C12H21NO3/c1-15-11-6-2-3-7-12(11)16-13-8-4-5-10(13)9-14/h9-12H,2-8H2,1H3/t10-,11+,12-/m0/s1. The number of ether oxygens (including phenoxy) is 1. The van der Waals surface area contributed by atoms with Crippen LogP contribution in [0.25, 0.3) is 0 Å². The third kappa shape index (κ3) is 2.62. The van der Waals surface area contributed by atoms with E-state index in [1.165, 1.54) is 12.8 Å². The van der Waals surface area contributed by atoms with Gasteiger partial charge in [-0.25, -0.2) is 0 Å². The van der Waals surface area contributed by atoms with Gasteiger partial charge in [-0.1, -0.05) is 12.8 Å². The molecular formula is C12H21NO3. The first-order chi connectivity index (χ1) is 7.85. The van der Waals surface area contributed by atoms with Gasteiger partial charge >= 0.3 is 0 Å². The highest BCUT2D eigenvalue weighted by molar-refractivity contribution is 5.57. The SMILES string of the molecule is CO[C@@H]1CCCC[C@@H]1ON1CCC[C@H]1C=O. The maximum Gasteiger partial charge on any atom is 0.139 e. The highest BCUT2D eigenvalue weighted by Gasteiger charge is 2.32. The largest absolute Gasteiger partial charge is 0.379 e. The van der Waals surface area contributed by atoms with E-state index in [1.807, 2.05) is 5.06 Å². The number of hydrogen-bond acceptors (Lipinski definition) is 4. The van der Waals surface area contributed by atoms with E-state index in [0.717, 1.165) is 38.5 Å². The molecule has 1 aliphatic heterocycles. The van der Waals surface area contributed by atoms with Crippen LogP contribution >= 0.6 is 0 Å². The second-order valence-corrected chi connectivity index (χ2v) is 4.69. The van der Waals surface area contributed by atoms with Crippen molar-refractivity contribution in [2.24, 2.45) is 0 Å². The molecule has 2 fully saturated rings. The second kappa shape index (κ2) is 5.75. The number of carbonyl (C=O) groups excluding carboxylic acids is 1. The summed E-state index contributed by atoms with van der Waals surface area (Å²) in [6.45, 7) is 0.871. The predicted molar refractivity (Wildman–Crippen MR) is 59.9 cm³/mol. The normalized spacial score (nSPS) is 36.4. The Morgan fingerprint density at radius 2 is 1.88 bits per heavy atom. The van der Waals surface area contributed by atoms with E-state index in [4.69, 9.17) is 9.57 Å². The lowest BCUT2D eigenvalue weighted by Gasteiger charge is -2.34. The fourth-order valence-corrected chi connectivity index (χ4v) is 2.66. The highest BCUT2D eigenvalue weighted by Crippen LogP contribution is 2.26. The Hall–Kier alpha value is -0.450. The number of nitrogens with zero attached hydrogens (tertiary/aromatic N) is 1. The molecule has 92 valence electrons. The summed E-state index contributed by atoms with van der Waals surface area (Å²) in [6, 6.07) is -0.0422. The molecule has 4 heteroatoms. The van der Waals surface area contributed by atoms with Gasteiger partial charge in [0.05, 0.1) is 12.1 Å². The third-order valence-corrected chi connectivity index (χ3v) is 3.62. The first kappa shape index (κ1) is 12.0. The van der Waals surface area contributed by atoms with Gasteiger partial charge in [0.15, 0.2) is 0 Å². The Labute approximate surface area is 96.8 Å². The van der Waals surface area contributed by atoms with Crippen LogP contribution in [0.5, 0.6) is 0 Å². The zero-order valence-corrected chi connectivity index (χ0v) is 9.93. The first-order valence-corrected chi connectivity index (χ1v) is 6.26. The van der Waals surface area contributed by atoms with E-state index < -0.39 is 0 Å². The Morgan fingerprint density at radius 3 is 2.56 bits per heavy atom. The minimum Gasteiger partial charge on any atom is -0.379 e. The summed E-state index contributed by atoms with van der Waals surface area (Å²) in [5, 5.41) is 1.86. The lowest BCUT2D eigenvalue weighted by atomic mass is 9.95. The molecule has 0 amide bonds. The number of hydroxylamine groups is 2. The topological polar surface area (TPSA) is 38.8 Å². The average molecular weight is 227 g/mol. The molecule has 1 heterocycles. The molecule has 0 aromatic heterocycles.